The molecule has 0 N–H and O–H groups in total. The first-order chi connectivity index (χ1) is 20.4. The molecule has 0 saturated heterocycles. The van der Waals surface area contributed by atoms with Gasteiger partial charge < -0.3 is 0 Å². The maximum atomic E-state index is 2.80. The van der Waals surface area contributed by atoms with Crippen LogP contribution in [-0.4, -0.2) is 3.21 Å². The van der Waals surface area contributed by atoms with E-state index in [9.17, 15) is 0 Å². The normalized spacial score (nSPS) is 24.3. The number of hydrogen-bond acceptors (Lipinski definition) is 0. The van der Waals surface area contributed by atoms with Gasteiger partial charge in [-0.1, -0.05) is 0 Å². The van der Waals surface area contributed by atoms with E-state index in [1.165, 1.54) is 57.8 Å². The van der Waals surface area contributed by atoms with Gasteiger partial charge in [-0.15, -0.1) is 0 Å². The summed E-state index contributed by atoms with van der Waals surface area (Å²) in [6.07, 6.45) is 17.3. The van der Waals surface area contributed by atoms with E-state index in [-0.39, 0.29) is 27.1 Å². The third kappa shape index (κ3) is 4.87. The van der Waals surface area contributed by atoms with Crippen LogP contribution in [-0.2, 0) is 42.9 Å². The van der Waals surface area contributed by atoms with Gasteiger partial charge in [-0.3, -0.25) is 0 Å². The van der Waals surface area contributed by atoms with Crippen LogP contribution in [0.15, 0.2) is 45.3 Å². The Morgan fingerprint density at radius 2 is 1.02 bits per heavy atom. The van der Waals surface area contributed by atoms with Gasteiger partial charge in [0.25, 0.3) is 0 Å². The summed E-state index contributed by atoms with van der Waals surface area (Å²) in [5, 5.41) is 0. The third-order valence-corrected chi connectivity index (χ3v) is 21.5. The Bertz CT molecular complexity index is 1560. The van der Waals surface area contributed by atoms with Gasteiger partial charge in [0.15, 0.2) is 0 Å². The summed E-state index contributed by atoms with van der Waals surface area (Å²) in [6.45, 7) is 27.4. The Labute approximate surface area is 277 Å². The Kier molecular flexibility index (Phi) is 7.17. The molecule has 0 amide bonds. The van der Waals surface area contributed by atoms with Crippen molar-refractivity contribution < 1.29 is 21.3 Å². The van der Waals surface area contributed by atoms with E-state index in [0.717, 1.165) is 0 Å². The molecule has 0 bridgehead atoms. The van der Waals surface area contributed by atoms with Gasteiger partial charge in [0.1, 0.15) is 0 Å². The molecule has 0 radical (unpaired) electrons. The molecule has 5 aliphatic carbocycles. The molecule has 0 unspecified atom stereocenters. The molecule has 0 spiro atoms. The maximum absolute atomic E-state index is 2.80. The van der Waals surface area contributed by atoms with Crippen molar-refractivity contribution in [2.75, 3.05) is 0 Å². The molecule has 1 saturated carbocycles. The molecule has 0 aromatic heterocycles. The van der Waals surface area contributed by atoms with Crippen LogP contribution in [0.5, 0.6) is 0 Å². The average molecular weight is 666 g/mol. The van der Waals surface area contributed by atoms with Crippen molar-refractivity contribution in [3.63, 3.8) is 0 Å². The predicted molar refractivity (Wildman–Crippen MR) is 188 cm³/mol. The van der Waals surface area contributed by atoms with Gasteiger partial charge in [0, 0.05) is 0 Å². The first-order valence-corrected chi connectivity index (χ1v) is 21.8. The van der Waals surface area contributed by atoms with E-state index in [4.69, 9.17) is 0 Å². The van der Waals surface area contributed by atoms with Crippen molar-refractivity contribution in [3.8, 4) is 11.1 Å². The van der Waals surface area contributed by atoms with Crippen LogP contribution >= 0.6 is 0 Å². The van der Waals surface area contributed by atoms with Crippen molar-refractivity contribution in [1.82, 2.24) is 0 Å². The number of rotatable bonds is 2. The molecule has 1 heteroatoms. The van der Waals surface area contributed by atoms with Crippen LogP contribution in [0.3, 0.4) is 0 Å². The Balaban J connectivity index is 1.54. The standard InChI is InChI=1S/C29H37.C9H13.C5H8.Zr/c1-26(2)9-11-28(5,6)24-16-20-18(14-22(24)26)13-19-15-23-25(17-21(19)20)29(7,8)12-10-27(23,3)4;1-9(2,3)8-6-4-5-7-8;1-2-4-5-3-1;/h13-17H,9-12H2,1-8H3;6-7H,4H2,1-3H3;1-4H2;. The van der Waals surface area contributed by atoms with E-state index in [1.54, 1.807) is 50.1 Å². The van der Waals surface area contributed by atoms with Crippen molar-refractivity contribution in [2.24, 2.45) is 5.41 Å². The Hall–Kier alpha value is -1.33. The van der Waals surface area contributed by atoms with Crippen LogP contribution in [0.4, 0.5) is 0 Å². The SMILES string of the molecule is CC(C)(C)C1=CC[C]([Zr](=[C]2CCCC2)[CH]2c3cc4c(cc3-c3cc5c(cc32)C(C)(C)CCC5(C)C)C(C)(C)CCC4(C)C)=C1. The molecule has 7 rings (SSSR count). The first-order valence-electron chi connectivity index (χ1n) is 17.9. The fraction of sp³-hybridized carbons (Fsp3) is 0.605. The number of fused-ring (bicyclic) bond motifs is 5. The van der Waals surface area contributed by atoms with Gasteiger partial charge in [-0.2, -0.15) is 0 Å². The zero-order valence-electron chi connectivity index (χ0n) is 29.9. The number of hydrogen-bond donors (Lipinski definition) is 0. The second kappa shape index (κ2) is 10.1. The number of benzene rings is 2. The second-order valence-corrected chi connectivity index (χ2v) is 25.7. The van der Waals surface area contributed by atoms with E-state index >= 15 is 0 Å². The van der Waals surface area contributed by atoms with Crippen LogP contribution in [0, 0.1) is 5.41 Å². The second-order valence-electron chi connectivity index (χ2n) is 18.9. The van der Waals surface area contributed by atoms with Crippen molar-refractivity contribution in [3.05, 3.63) is 78.7 Å². The quantitative estimate of drug-likeness (QED) is 0.299. The first kappa shape index (κ1) is 31.3. The summed E-state index contributed by atoms with van der Waals surface area (Å²) in [6, 6.07) is 11.1. The summed E-state index contributed by atoms with van der Waals surface area (Å²) >= 11 is -2.30. The van der Waals surface area contributed by atoms with Crippen LogP contribution < -0.4 is 0 Å². The molecular formula is C43H58Zr. The predicted octanol–water partition coefficient (Wildman–Crippen LogP) is 12.1. The van der Waals surface area contributed by atoms with Crippen molar-refractivity contribution in [2.45, 2.75) is 159 Å². The summed E-state index contributed by atoms with van der Waals surface area (Å²) < 4.78 is 4.53. The molecule has 0 heterocycles. The summed E-state index contributed by atoms with van der Waals surface area (Å²) in [7, 11) is 0. The van der Waals surface area contributed by atoms with Gasteiger partial charge in [0.2, 0.25) is 0 Å². The van der Waals surface area contributed by atoms with Crippen molar-refractivity contribution in [1.29, 1.82) is 0 Å². The molecule has 2 aromatic rings. The summed E-state index contributed by atoms with van der Waals surface area (Å²) in [5.74, 6) is 0. The monoisotopic (exact) mass is 664 g/mol. The minimum atomic E-state index is -2.30. The van der Waals surface area contributed by atoms with Gasteiger partial charge >= 0.3 is 279 Å². The molecule has 234 valence electrons. The fourth-order valence-electron chi connectivity index (χ4n) is 9.61. The summed E-state index contributed by atoms with van der Waals surface area (Å²) in [4.78, 5) is 0. The van der Waals surface area contributed by atoms with Crippen LogP contribution in [0.25, 0.3) is 11.1 Å². The van der Waals surface area contributed by atoms with Crippen LogP contribution in [0.1, 0.15) is 171 Å². The zero-order chi connectivity index (χ0) is 31.6. The molecule has 5 aliphatic rings. The van der Waals surface area contributed by atoms with Crippen molar-refractivity contribution >= 4 is 3.21 Å². The van der Waals surface area contributed by atoms with E-state index < -0.39 is 21.3 Å². The molecular weight excluding hydrogens is 608 g/mol. The summed E-state index contributed by atoms with van der Waals surface area (Å²) in [5.41, 5.74) is 16.0. The van der Waals surface area contributed by atoms with Crippen LogP contribution in [0.2, 0.25) is 0 Å². The van der Waals surface area contributed by atoms with Gasteiger partial charge in [0.05, 0.1) is 0 Å². The fourth-order valence-corrected chi connectivity index (χ4v) is 19.1. The Morgan fingerprint density at radius 3 is 1.41 bits per heavy atom. The van der Waals surface area contributed by atoms with Gasteiger partial charge in [-0.25, -0.2) is 0 Å². The zero-order valence-corrected chi connectivity index (χ0v) is 32.4. The molecule has 2 aromatic carbocycles. The molecule has 1 fully saturated rings. The molecule has 0 aliphatic heterocycles. The topological polar surface area (TPSA) is 0 Å². The Morgan fingerprint density at radius 1 is 0.614 bits per heavy atom. The minimum absolute atomic E-state index is 0.227. The number of allylic oxidation sites excluding steroid dienone is 4. The molecule has 44 heavy (non-hydrogen) atoms. The van der Waals surface area contributed by atoms with Gasteiger partial charge in [-0.05, 0) is 0 Å². The third-order valence-electron chi connectivity index (χ3n) is 12.9. The van der Waals surface area contributed by atoms with E-state index in [1.807, 2.05) is 6.49 Å². The molecule has 0 atom stereocenters. The average Bonchev–Trinajstić information content (AvgIpc) is 3.69. The molecule has 0 nitrogen and oxygen atoms in total. The van der Waals surface area contributed by atoms with E-state index in [2.05, 4.69) is 113 Å². The van der Waals surface area contributed by atoms with E-state index in [0.29, 0.717) is 3.63 Å².